The molecule has 0 saturated heterocycles. The number of nitrogens with zero attached hydrogens (tertiary/aromatic N) is 2. The predicted molar refractivity (Wildman–Crippen MR) is 82.1 cm³/mol. The SMILES string of the molecule is Cc1cc(NC(=O)C(F)(F)C(F)(F)C(F)(F)F)nn1Cc1ccc(Cl)cc1. The highest BCUT2D eigenvalue weighted by Gasteiger charge is 2.76. The molecule has 0 radical (unpaired) electrons. The number of benzene rings is 1. The van der Waals surface area contributed by atoms with Gasteiger partial charge in [0.15, 0.2) is 5.82 Å². The van der Waals surface area contributed by atoms with E-state index < -0.39 is 29.7 Å². The number of aryl methyl sites for hydroxylation is 1. The number of halogens is 8. The Morgan fingerprint density at radius 3 is 2.19 bits per heavy atom. The highest BCUT2D eigenvalue weighted by atomic mass is 35.5. The Morgan fingerprint density at radius 2 is 1.67 bits per heavy atom. The van der Waals surface area contributed by atoms with Crippen LogP contribution in [0.4, 0.5) is 36.6 Å². The van der Waals surface area contributed by atoms with Gasteiger partial charge in [-0.05, 0) is 24.6 Å². The standard InChI is InChI=1S/C15H11ClF7N3O/c1-8-6-11(25-26(8)7-9-2-4-10(16)5-3-9)24-12(27)13(17,18)14(19,20)15(21,22)23/h2-6H,7H2,1H3,(H,24,25,27). The van der Waals surface area contributed by atoms with Crippen LogP contribution in [0, 0.1) is 6.92 Å². The van der Waals surface area contributed by atoms with Crippen LogP contribution in [0.3, 0.4) is 0 Å². The van der Waals surface area contributed by atoms with Crippen LogP contribution in [-0.2, 0) is 11.3 Å². The van der Waals surface area contributed by atoms with Crippen molar-refractivity contribution in [2.45, 2.75) is 31.5 Å². The molecule has 0 unspecified atom stereocenters. The summed E-state index contributed by atoms with van der Waals surface area (Å²) in [5, 5.41) is 5.48. The first-order valence-corrected chi connectivity index (χ1v) is 7.56. The molecular weight excluding hydrogens is 407 g/mol. The number of rotatable bonds is 5. The number of hydrogen-bond acceptors (Lipinski definition) is 2. The van der Waals surface area contributed by atoms with Crippen LogP contribution in [0.5, 0.6) is 0 Å². The smallest absolute Gasteiger partial charge is 0.304 e. The highest BCUT2D eigenvalue weighted by Crippen LogP contribution is 2.46. The van der Waals surface area contributed by atoms with Gasteiger partial charge in [-0.3, -0.25) is 9.48 Å². The van der Waals surface area contributed by atoms with Crippen molar-refractivity contribution in [3.05, 3.63) is 46.6 Å². The molecule has 0 spiro atoms. The molecule has 0 atom stereocenters. The molecule has 2 rings (SSSR count). The molecule has 4 nitrogen and oxygen atoms in total. The van der Waals surface area contributed by atoms with Gasteiger partial charge in [0, 0.05) is 16.8 Å². The van der Waals surface area contributed by atoms with Gasteiger partial charge in [0.2, 0.25) is 0 Å². The Kier molecular flexibility index (Phi) is 5.46. The number of carbonyl (C=O) groups excluding carboxylic acids is 1. The lowest BCUT2D eigenvalue weighted by atomic mass is 10.1. The van der Waals surface area contributed by atoms with E-state index >= 15 is 0 Å². The second kappa shape index (κ2) is 7.02. The molecule has 2 aromatic rings. The van der Waals surface area contributed by atoms with Crippen molar-refractivity contribution in [2.75, 3.05) is 5.32 Å². The Bertz CT molecular complexity index is 831. The van der Waals surface area contributed by atoms with Gasteiger partial charge >= 0.3 is 23.9 Å². The molecule has 0 aliphatic carbocycles. The van der Waals surface area contributed by atoms with E-state index in [1.165, 1.54) is 16.9 Å². The first-order chi connectivity index (χ1) is 12.3. The summed E-state index contributed by atoms with van der Waals surface area (Å²) in [5.41, 5.74) is 1.03. The maximum absolute atomic E-state index is 13.3. The topological polar surface area (TPSA) is 46.9 Å². The van der Waals surface area contributed by atoms with Crippen LogP contribution in [0.2, 0.25) is 5.02 Å². The van der Waals surface area contributed by atoms with Gasteiger partial charge in [0.1, 0.15) is 0 Å². The van der Waals surface area contributed by atoms with Gasteiger partial charge in [-0.15, -0.1) is 0 Å². The van der Waals surface area contributed by atoms with E-state index in [1.54, 1.807) is 24.3 Å². The fourth-order valence-electron chi connectivity index (χ4n) is 2.01. The number of amides is 1. The number of alkyl halides is 7. The van der Waals surface area contributed by atoms with Gasteiger partial charge in [-0.25, -0.2) is 0 Å². The van der Waals surface area contributed by atoms with Crippen molar-refractivity contribution >= 4 is 23.3 Å². The van der Waals surface area contributed by atoms with Gasteiger partial charge < -0.3 is 5.32 Å². The zero-order valence-electron chi connectivity index (χ0n) is 13.4. The summed E-state index contributed by atoms with van der Waals surface area (Å²) in [6.07, 6.45) is -6.60. The molecule has 1 heterocycles. The Balaban J connectivity index is 2.18. The number of anilines is 1. The zero-order valence-corrected chi connectivity index (χ0v) is 14.2. The Morgan fingerprint density at radius 1 is 1.11 bits per heavy atom. The van der Waals surface area contributed by atoms with E-state index in [4.69, 9.17) is 11.6 Å². The van der Waals surface area contributed by atoms with Crippen molar-refractivity contribution in [2.24, 2.45) is 0 Å². The van der Waals surface area contributed by atoms with E-state index in [0.29, 0.717) is 16.3 Å². The summed E-state index contributed by atoms with van der Waals surface area (Å²) in [7, 11) is 0. The molecule has 148 valence electrons. The molecule has 12 heteroatoms. The van der Waals surface area contributed by atoms with Crippen LogP contribution in [0.1, 0.15) is 11.3 Å². The summed E-state index contributed by atoms with van der Waals surface area (Å²) in [4.78, 5) is 11.3. The highest BCUT2D eigenvalue weighted by molar-refractivity contribution is 6.30. The van der Waals surface area contributed by atoms with Gasteiger partial charge in [-0.2, -0.15) is 35.8 Å². The summed E-state index contributed by atoms with van der Waals surface area (Å²) in [6, 6.07) is 7.49. The largest absolute Gasteiger partial charge is 0.460 e. The van der Waals surface area contributed by atoms with E-state index in [2.05, 4.69) is 5.10 Å². The average Bonchev–Trinajstić information content (AvgIpc) is 2.87. The van der Waals surface area contributed by atoms with Crippen LogP contribution >= 0.6 is 11.6 Å². The second-order valence-electron chi connectivity index (χ2n) is 5.56. The molecule has 0 bridgehead atoms. The van der Waals surface area contributed by atoms with Gasteiger partial charge in [0.05, 0.1) is 6.54 Å². The lowest BCUT2D eigenvalue weighted by molar-refractivity contribution is -0.343. The molecule has 0 fully saturated rings. The normalized spacial score (nSPS) is 12.9. The summed E-state index contributed by atoms with van der Waals surface area (Å²) in [5.74, 6) is -16.0. The Hall–Kier alpha value is -2.30. The van der Waals surface area contributed by atoms with E-state index in [0.717, 1.165) is 6.07 Å². The molecule has 0 aliphatic heterocycles. The maximum Gasteiger partial charge on any atom is 0.460 e. The fraction of sp³-hybridized carbons (Fsp3) is 0.333. The first kappa shape index (κ1) is 21.0. The molecule has 1 amide bonds. The molecular formula is C15H11ClF7N3O. The molecule has 1 aromatic carbocycles. The summed E-state index contributed by atoms with van der Waals surface area (Å²) in [6.45, 7) is 1.59. The number of aromatic nitrogens is 2. The third-order valence-electron chi connectivity index (χ3n) is 3.50. The zero-order chi connectivity index (χ0) is 20.6. The van der Waals surface area contributed by atoms with Gasteiger partial charge in [0.25, 0.3) is 0 Å². The van der Waals surface area contributed by atoms with Crippen LogP contribution < -0.4 is 5.32 Å². The maximum atomic E-state index is 13.3. The van der Waals surface area contributed by atoms with Crippen molar-refractivity contribution in [1.82, 2.24) is 9.78 Å². The number of hydrogen-bond donors (Lipinski definition) is 1. The predicted octanol–water partition coefficient (Wildman–Crippen LogP) is 4.66. The van der Waals surface area contributed by atoms with Gasteiger partial charge in [-0.1, -0.05) is 23.7 Å². The third-order valence-corrected chi connectivity index (χ3v) is 3.76. The average molecular weight is 418 g/mol. The minimum Gasteiger partial charge on any atom is -0.304 e. The monoisotopic (exact) mass is 417 g/mol. The lowest BCUT2D eigenvalue weighted by Gasteiger charge is -2.26. The number of carbonyl (C=O) groups is 1. The van der Waals surface area contributed by atoms with E-state index in [9.17, 15) is 35.5 Å². The van der Waals surface area contributed by atoms with E-state index in [-0.39, 0.29) is 6.54 Å². The minimum absolute atomic E-state index is 0.119. The number of nitrogens with one attached hydrogen (secondary N) is 1. The molecule has 0 saturated carbocycles. The lowest BCUT2D eigenvalue weighted by Crippen LogP contribution is -2.57. The minimum atomic E-state index is -6.60. The molecule has 1 N–H and O–H groups in total. The first-order valence-electron chi connectivity index (χ1n) is 7.18. The van der Waals surface area contributed by atoms with Crippen LogP contribution in [0.25, 0.3) is 0 Å². The van der Waals surface area contributed by atoms with E-state index in [1.807, 2.05) is 0 Å². The van der Waals surface area contributed by atoms with Crippen molar-refractivity contribution in [3.8, 4) is 0 Å². The quantitative estimate of drug-likeness (QED) is 0.719. The second-order valence-corrected chi connectivity index (χ2v) is 5.99. The van der Waals surface area contributed by atoms with Crippen LogP contribution in [-0.4, -0.2) is 33.7 Å². The molecule has 27 heavy (non-hydrogen) atoms. The summed E-state index contributed by atoms with van der Waals surface area (Å²) >= 11 is 5.74. The van der Waals surface area contributed by atoms with Crippen molar-refractivity contribution < 1.29 is 35.5 Å². The fourth-order valence-corrected chi connectivity index (χ4v) is 2.14. The van der Waals surface area contributed by atoms with Crippen LogP contribution in [0.15, 0.2) is 30.3 Å². The van der Waals surface area contributed by atoms with Crippen molar-refractivity contribution in [3.63, 3.8) is 0 Å². The Labute approximate surface area is 152 Å². The molecule has 1 aromatic heterocycles. The van der Waals surface area contributed by atoms with Crippen molar-refractivity contribution in [1.29, 1.82) is 0 Å². The summed E-state index contributed by atoms with van der Waals surface area (Å²) < 4.78 is 90.1. The third kappa shape index (κ3) is 4.18. The molecule has 0 aliphatic rings.